The summed E-state index contributed by atoms with van der Waals surface area (Å²) in [5, 5.41) is 0. The quantitative estimate of drug-likeness (QED) is 0.645. The van der Waals surface area contributed by atoms with Gasteiger partial charge >= 0.3 is 0 Å². The van der Waals surface area contributed by atoms with Crippen molar-refractivity contribution in [1.29, 1.82) is 0 Å². The van der Waals surface area contributed by atoms with Gasteiger partial charge in [-0.25, -0.2) is 0 Å². The number of hydrogen-bond acceptors (Lipinski definition) is 4. The molecule has 0 bridgehead atoms. The van der Waals surface area contributed by atoms with Crippen LogP contribution in [0.1, 0.15) is 20.3 Å². The molecule has 0 heterocycles. The molecule has 4 nitrogen and oxygen atoms in total. The molecule has 0 unspecified atom stereocenters. The van der Waals surface area contributed by atoms with E-state index in [0.717, 1.165) is 13.0 Å². The number of para-hydroxylation sites is 1. The van der Waals surface area contributed by atoms with E-state index >= 15 is 0 Å². The van der Waals surface area contributed by atoms with Gasteiger partial charge in [0.15, 0.2) is 11.5 Å². The molecule has 108 valence electrons. The fraction of sp³-hybridized carbons (Fsp3) is 0.600. The second-order valence-electron chi connectivity index (χ2n) is 4.64. The average Bonchev–Trinajstić information content (AvgIpc) is 2.41. The second-order valence-corrected chi connectivity index (χ2v) is 4.64. The van der Waals surface area contributed by atoms with Crippen LogP contribution >= 0.6 is 0 Å². The Labute approximate surface area is 115 Å². The Kier molecular flexibility index (Phi) is 7.11. The molecule has 0 aromatic heterocycles. The van der Waals surface area contributed by atoms with Crippen molar-refractivity contribution in [2.45, 2.75) is 20.3 Å². The van der Waals surface area contributed by atoms with Gasteiger partial charge < -0.3 is 18.9 Å². The maximum atomic E-state index is 5.65. The zero-order valence-electron chi connectivity index (χ0n) is 12.3. The van der Waals surface area contributed by atoms with Crippen molar-refractivity contribution in [2.24, 2.45) is 5.92 Å². The lowest BCUT2D eigenvalue weighted by Gasteiger charge is -2.13. The summed E-state index contributed by atoms with van der Waals surface area (Å²) in [7, 11) is 3.21. The molecule has 0 saturated heterocycles. The predicted octanol–water partition coefficient (Wildman–Crippen LogP) is 3.15. The standard InChI is InChI=1S/C15H24O4/c1-12(2)8-9-18-10-11-19-14-7-5-6-13(16-3)15(14)17-4/h5-7,12H,8-11H2,1-4H3. The van der Waals surface area contributed by atoms with Crippen LogP contribution in [-0.4, -0.2) is 34.0 Å². The highest BCUT2D eigenvalue weighted by Gasteiger charge is 2.10. The van der Waals surface area contributed by atoms with Crippen molar-refractivity contribution < 1.29 is 18.9 Å². The van der Waals surface area contributed by atoms with Crippen molar-refractivity contribution in [3.63, 3.8) is 0 Å². The molecule has 0 aliphatic rings. The van der Waals surface area contributed by atoms with Gasteiger partial charge in [0.2, 0.25) is 5.75 Å². The van der Waals surface area contributed by atoms with E-state index in [9.17, 15) is 0 Å². The predicted molar refractivity (Wildman–Crippen MR) is 75.3 cm³/mol. The van der Waals surface area contributed by atoms with Crippen LogP contribution in [0.4, 0.5) is 0 Å². The third-order valence-corrected chi connectivity index (χ3v) is 2.69. The first-order chi connectivity index (χ1) is 9.19. The molecule has 4 heteroatoms. The van der Waals surface area contributed by atoms with Crippen LogP contribution in [-0.2, 0) is 4.74 Å². The van der Waals surface area contributed by atoms with E-state index in [1.807, 2.05) is 18.2 Å². The lowest BCUT2D eigenvalue weighted by atomic mass is 10.1. The monoisotopic (exact) mass is 268 g/mol. The van der Waals surface area contributed by atoms with Crippen molar-refractivity contribution >= 4 is 0 Å². The molecule has 0 fully saturated rings. The minimum absolute atomic E-state index is 0.502. The molecule has 0 N–H and O–H groups in total. The largest absolute Gasteiger partial charge is 0.493 e. The van der Waals surface area contributed by atoms with Gasteiger partial charge in [-0.05, 0) is 24.5 Å². The van der Waals surface area contributed by atoms with Crippen molar-refractivity contribution in [2.75, 3.05) is 34.0 Å². The van der Waals surface area contributed by atoms with E-state index in [1.54, 1.807) is 14.2 Å². The van der Waals surface area contributed by atoms with Gasteiger partial charge in [-0.1, -0.05) is 19.9 Å². The number of methoxy groups -OCH3 is 2. The molecule has 0 radical (unpaired) electrons. The molecule has 0 amide bonds. The normalized spacial score (nSPS) is 10.6. The Hall–Kier alpha value is -1.42. The van der Waals surface area contributed by atoms with Crippen molar-refractivity contribution in [3.8, 4) is 17.2 Å². The molecule has 0 saturated carbocycles. The highest BCUT2D eigenvalue weighted by molar-refractivity contribution is 5.50. The molecule has 0 aliphatic carbocycles. The Bertz CT molecular complexity index is 363. The first kappa shape index (κ1) is 15.6. The van der Waals surface area contributed by atoms with E-state index in [0.29, 0.717) is 36.4 Å². The fourth-order valence-corrected chi connectivity index (χ4v) is 1.60. The number of rotatable bonds is 9. The summed E-state index contributed by atoms with van der Waals surface area (Å²) in [5.74, 6) is 2.63. The van der Waals surface area contributed by atoms with Crippen LogP contribution < -0.4 is 14.2 Å². The molecule has 1 rings (SSSR count). The van der Waals surface area contributed by atoms with Crippen LogP contribution in [0.2, 0.25) is 0 Å². The van der Waals surface area contributed by atoms with Gasteiger partial charge in [-0.3, -0.25) is 0 Å². The van der Waals surface area contributed by atoms with Crippen molar-refractivity contribution in [3.05, 3.63) is 18.2 Å². The van der Waals surface area contributed by atoms with Gasteiger partial charge in [-0.2, -0.15) is 0 Å². The molecule has 19 heavy (non-hydrogen) atoms. The third-order valence-electron chi connectivity index (χ3n) is 2.69. The molecule has 1 aromatic carbocycles. The van der Waals surface area contributed by atoms with Crippen molar-refractivity contribution in [1.82, 2.24) is 0 Å². The third kappa shape index (κ3) is 5.39. The van der Waals surface area contributed by atoms with Crippen LogP contribution in [0.15, 0.2) is 18.2 Å². The summed E-state index contributed by atoms with van der Waals surface area (Å²) >= 11 is 0. The zero-order chi connectivity index (χ0) is 14.1. The summed E-state index contributed by atoms with van der Waals surface area (Å²) < 4.78 is 21.6. The molecule has 1 aromatic rings. The van der Waals surface area contributed by atoms with E-state index in [2.05, 4.69) is 13.8 Å². The molecule has 0 atom stereocenters. The van der Waals surface area contributed by atoms with Crippen LogP contribution in [0.5, 0.6) is 17.2 Å². The smallest absolute Gasteiger partial charge is 0.203 e. The SMILES string of the molecule is COc1cccc(OCCOCCC(C)C)c1OC. The fourth-order valence-electron chi connectivity index (χ4n) is 1.60. The van der Waals surface area contributed by atoms with Gasteiger partial charge in [0.05, 0.1) is 20.8 Å². The highest BCUT2D eigenvalue weighted by atomic mass is 16.5. The van der Waals surface area contributed by atoms with Crippen LogP contribution in [0.3, 0.4) is 0 Å². The van der Waals surface area contributed by atoms with Crippen LogP contribution in [0, 0.1) is 5.92 Å². The Morgan fingerprint density at radius 1 is 0.947 bits per heavy atom. The Balaban J connectivity index is 2.37. The van der Waals surface area contributed by atoms with E-state index in [1.165, 1.54) is 0 Å². The summed E-state index contributed by atoms with van der Waals surface area (Å²) in [5.41, 5.74) is 0. The topological polar surface area (TPSA) is 36.9 Å². The lowest BCUT2D eigenvalue weighted by Crippen LogP contribution is -2.09. The summed E-state index contributed by atoms with van der Waals surface area (Å²) in [4.78, 5) is 0. The number of hydrogen-bond donors (Lipinski definition) is 0. The Morgan fingerprint density at radius 2 is 1.68 bits per heavy atom. The van der Waals surface area contributed by atoms with Gasteiger partial charge in [0.1, 0.15) is 6.61 Å². The summed E-state index contributed by atoms with van der Waals surface area (Å²) in [6, 6.07) is 5.57. The maximum Gasteiger partial charge on any atom is 0.203 e. The summed E-state index contributed by atoms with van der Waals surface area (Å²) in [6.07, 6.45) is 1.07. The van der Waals surface area contributed by atoms with Gasteiger partial charge in [0, 0.05) is 6.61 Å². The molecular formula is C15H24O4. The van der Waals surface area contributed by atoms with E-state index in [-0.39, 0.29) is 0 Å². The molecule has 0 aliphatic heterocycles. The number of ether oxygens (including phenoxy) is 4. The van der Waals surface area contributed by atoms with Crippen LogP contribution in [0.25, 0.3) is 0 Å². The first-order valence-corrected chi connectivity index (χ1v) is 6.60. The summed E-state index contributed by atoms with van der Waals surface area (Å²) in [6.45, 7) is 6.22. The zero-order valence-corrected chi connectivity index (χ0v) is 12.3. The lowest BCUT2D eigenvalue weighted by molar-refractivity contribution is 0.0914. The Morgan fingerprint density at radius 3 is 2.32 bits per heavy atom. The van der Waals surface area contributed by atoms with Gasteiger partial charge in [0.25, 0.3) is 0 Å². The first-order valence-electron chi connectivity index (χ1n) is 6.60. The molecular weight excluding hydrogens is 244 g/mol. The van der Waals surface area contributed by atoms with E-state index < -0.39 is 0 Å². The highest BCUT2D eigenvalue weighted by Crippen LogP contribution is 2.36. The minimum atomic E-state index is 0.502. The molecule has 0 spiro atoms. The second kappa shape index (κ2) is 8.64. The maximum absolute atomic E-state index is 5.65. The van der Waals surface area contributed by atoms with Gasteiger partial charge in [-0.15, -0.1) is 0 Å². The number of benzene rings is 1. The minimum Gasteiger partial charge on any atom is -0.493 e. The average molecular weight is 268 g/mol. The van der Waals surface area contributed by atoms with E-state index in [4.69, 9.17) is 18.9 Å².